The average molecular weight is 571 g/mol. The summed E-state index contributed by atoms with van der Waals surface area (Å²) in [7, 11) is -3.56. The normalized spacial score (nSPS) is 16.3. The van der Waals surface area contributed by atoms with E-state index < -0.39 is 10.0 Å². The van der Waals surface area contributed by atoms with E-state index in [1.54, 1.807) is 6.07 Å². The van der Waals surface area contributed by atoms with Crippen LogP contribution in [0.2, 0.25) is 4.34 Å². The number of aliphatic imine (C=N–C) groups is 1. The van der Waals surface area contributed by atoms with Gasteiger partial charge >= 0.3 is 0 Å². The van der Waals surface area contributed by atoms with Gasteiger partial charge in [0.2, 0.25) is 10.0 Å². The third kappa shape index (κ3) is 6.71. The molecule has 7 nitrogen and oxygen atoms in total. The van der Waals surface area contributed by atoms with Crippen molar-refractivity contribution in [1.29, 1.82) is 0 Å². The van der Waals surface area contributed by atoms with Crippen molar-refractivity contribution in [3.05, 3.63) is 46.3 Å². The Balaban J connectivity index is 0.00000300. The molecule has 1 aromatic heterocycles. The number of hydrogen-bond donors (Lipinski definition) is 3. The van der Waals surface area contributed by atoms with Crippen LogP contribution < -0.4 is 20.1 Å². The molecule has 0 saturated carbocycles. The van der Waals surface area contributed by atoms with Gasteiger partial charge in [-0.05, 0) is 25.1 Å². The van der Waals surface area contributed by atoms with Crippen LogP contribution in [0.3, 0.4) is 0 Å². The summed E-state index contributed by atoms with van der Waals surface area (Å²) in [6, 6.07) is 11.1. The van der Waals surface area contributed by atoms with Gasteiger partial charge < -0.3 is 15.4 Å². The molecule has 2 aromatic rings. The number of hydrogen-bond acceptors (Lipinski definition) is 5. The Morgan fingerprint density at radius 3 is 2.83 bits per heavy atom. The smallest absolute Gasteiger partial charge is 0.250 e. The van der Waals surface area contributed by atoms with E-state index in [4.69, 9.17) is 16.3 Å². The Bertz CT molecular complexity index is 937. The first-order chi connectivity index (χ1) is 13.5. The summed E-state index contributed by atoms with van der Waals surface area (Å²) in [6.45, 7) is 3.82. The Kier molecular flexibility index (Phi) is 9.47. The summed E-state index contributed by atoms with van der Waals surface area (Å²) >= 11 is 6.84. The van der Waals surface area contributed by atoms with E-state index in [-0.39, 0.29) is 40.8 Å². The second-order valence-electron chi connectivity index (χ2n) is 6.09. The third-order valence-electron chi connectivity index (χ3n) is 4.10. The largest absolute Gasteiger partial charge is 0.493 e. The number of fused-ring (bicyclic) bond motifs is 1. The van der Waals surface area contributed by atoms with Gasteiger partial charge in [0, 0.05) is 25.1 Å². The molecule has 11 heteroatoms. The van der Waals surface area contributed by atoms with E-state index in [1.807, 2.05) is 31.2 Å². The van der Waals surface area contributed by atoms with Gasteiger partial charge in [0.25, 0.3) is 0 Å². The monoisotopic (exact) mass is 570 g/mol. The van der Waals surface area contributed by atoms with Gasteiger partial charge in [-0.3, -0.25) is 4.99 Å². The topological polar surface area (TPSA) is 91.8 Å². The van der Waals surface area contributed by atoms with E-state index >= 15 is 0 Å². The van der Waals surface area contributed by atoms with Crippen LogP contribution in [0.25, 0.3) is 0 Å². The van der Waals surface area contributed by atoms with Crippen LogP contribution in [0.4, 0.5) is 0 Å². The lowest BCUT2D eigenvalue weighted by Crippen LogP contribution is -2.41. The minimum absolute atomic E-state index is 0. The fourth-order valence-corrected chi connectivity index (χ4v) is 5.39. The number of halogens is 2. The van der Waals surface area contributed by atoms with E-state index in [0.717, 1.165) is 29.1 Å². The van der Waals surface area contributed by atoms with Gasteiger partial charge in [0.1, 0.15) is 9.96 Å². The maximum absolute atomic E-state index is 12.2. The van der Waals surface area contributed by atoms with Crippen LogP contribution in [-0.2, 0) is 10.0 Å². The van der Waals surface area contributed by atoms with Gasteiger partial charge in [0.15, 0.2) is 5.96 Å². The summed E-state index contributed by atoms with van der Waals surface area (Å²) in [4.78, 5) is 4.49. The molecule has 0 saturated heterocycles. The predicted octanol–water partition coefficient (Wildman–Crippen LogP) is 3.38. The van der Waals surface area contributed by atoms with Gasteiger partial charge in [-0.1, -0.05) is 29.8 Å². The maximum Gasteiger partial charge on any atom is 0.250 e. The quantitative estimate of drug-likeness (QED) is 0.206. The Labute approximate surface area is 197 Å². The summed E-state index contributed by atoms with van der Waals surface area (Å²) in [5.41, 5.74) is 1.09. The SMILES string of the molecule is CCNC(=NCCNS(=O)(=O)c1ccc(Cl)s1)NC1CCOc2ccccc21.I. The number of para-hydroxylation sites is 1. The molecule has 160 valence electrons. The molecule has 2 heterocycles. The Morgan fingerprint density at radius 1 is 1.31 bits per heavy atom. The number of benzene rings is 1. The van der Waals surface area contributed by atoms with E-state index in [0.29, 0.717) is 30.0 Å². The van der Waals surface area contributed by atoms with Crippen molar-refractivity contribution in [3.8, 4) is 5.75 Å². The molecular weight excluding hydrogens is 547 g/mol. The van der Waals surface area contributed by atoms with E-state index in [9.17, 15) is 8.42 Å². The Morgan fingerprint density at radius 2 is 2.10 bits per heavy atom. The molecule has 1 aliphatic rings. The molecule has 1 aromatic carbocycles. The number of thiophene rings is 1. The first-order valence-corrected chi connectivity index (χ1v) is 11.7. The van der Waals surface area contributed by atoms with Crippen LogP contribution in [0.1, 0.15) is 24.9 Å². The zero-order valence-corrected chi connectivity index (χ0v) is 20.6. The Hall–Kier alpha value is -1.08. The summed E-state index contributed by atoms with van der Waals surface area (Å²) < 4.78 is 33.3. The number of guanidine groups is 1. The number of rotatable bonds is 7. The van der Waals surface area contributed by atoms with Gasteiger partial charge in [-0.2, -0.15) is 0 Å². The first-order valence-electron chi connectivity index (χ1n) is 9.01. The highest BCUT2D eigenvalue weighted by molar-refractivity contribution is 14.0. The molecule has 1 aliphatic heterocycles. The predicted molar refractivity (Wildman–Crippen MR) is 128 cm³/mol. The van der Waals surface area contributed by atoms with Gasteiger partial charge in [-0.15, -0.1) is 35.3 Å². The van der Waals surface area contributed by atoms with Gasteiger partial charge in [-0.25, -0.2) is 13.1 Å². The molecule has 0 bridgehead atoms. The van der Waals surface area contributed by atoms with Crippen molar-refractivity contribution in [1.82, 2.24) is 15.4 Å². The summed E-state index contributed by atoms with van der Waals surface area (Å²) in [5.74, 6) is 1.52. The molecule has 29 heavy (non-hydrogen) atoms. The van der Waals surface area contributed by atoms with Crippen molar-refractivity contribution >= 4 is 62.9 Å². The third-order valence-corrected chi connectivity index (χ3v) is 7.28. The van der Waals surface area contributed by atoms with Crippen LogP contribution in [-0.4, -0.2) is 40.6 Å². The molecule has 3 rings (SSSR count). The fourth-order valence-electron chi connectivity index (χ4n) is 2.84. The second-order valence-corrected chi connectivity index (χ2v) is 9.80. The average Bonchev–Trinajstić information content (AvgIpc) is 3.13. The highest BCUT2D eigenvalue weighted by atomic mass is 127. The summed E-state index contributed by atoms with van der Waals surface area (Å²) in [5, 5.41) is 6.61. The van der Waals surface area contributed by atoms with Gasteiger partial charge in [0.05, 0.1) is 23.5 Å². The maximum atomic E-state index is 12.2. The lowest BCUT2D eigenvalue weighted by Gasteiger charge is -2.28. The molecule has 3 N–H and O–H groups in total. The number of nitrogens with one attached hydrogen (secondary N) is 3. The van der Waals surface area contributed by atoms with Crippen molar-refractivity contribution in [3.63, 3.8) is 0 Å². The fraction of sp³-hybridized carbons (Fsp3) is 0.389. The number of nitrogens with zero attached hydrogens (tertiary/aromatic N) is 1. The zero-order valence-electron chi connectivity index (χ0n) is 15.9. The van der Waals surface area contributed by atoms with Crippen molar-refractivity contribution in [2.24, 2.45) is 4.99 Å². The lowest BCUT2D eigenvalue weighted by atomic mass is 10.0. The van der Waals surface area contributed by atoms with Crippen LogP contribution in [0.15, 0.2) is 45.6 Å². The summed E-state index contributed by atoms with van der Waals surface area (Å²) in [6.07, 6.45) is 0.827. The zero-order chi connectivity index (χ0) is 20.0. The molecule has 0 radical (unpaired) electrons. The minimum atomic E-state index is -3.56. The highest BCUT2D eigenvalue weighted by Gasteiger charge is 2.22. The van der Waals surface area contributed by atoms with Crippen LogP contribution >= 0.6 is 46.9 Å². The van der Waals surface area contributed by atoms with Crippen molar-refractivity contribution in [2.45, 2.75) is 23.6 Å². The number of ether oxygens (including phenoxy) is 1. The van der Waals surface area contributed by atoms with Crippen molar-refractivity contribution in [2.75, 3.05) is 26.2 Å². The molecule has 1 unspecified atom stereocenters. The number of sulfonamides is 1. The van der Waals surface area contributed by atoms with Crippen LogP contribution in [0.5, 0.6) is 5.75 Å². The van der Waals surface area contributed by atoms with E-state index in [1.165, 1.54) is 6.07 Å². The molecular formula is C18H24ClIN4O3S2. The standard InChI is InChI=1S/C18H23ClN4O3S2.HI/c1-2-20-18(23-14-9-12-26-15-6-4-3-5-13(14)15)21-10-11-22-28(24,25)17-8-7-16(19)27-17;/h3-8,14,22H,2,9-12H2,1H3,(H2,20,21,23);1H. The molecule has 0 fully saturated rings. The molecule has 0 amide bonds. The molecule has 0 spiro atoms. The first kappa shape index (κ1) is 24.2. The second kappa shape index (κ2) is 11.3. The highest BCUT2D eigenvalue weighted by Crippen LogP contribution is 2.31. The van der Waals surface area contributed by atoms with Crippen LogP contribution in [0, 0.1) is 0 Å². The minimum Gasteiger partial charge on any atom is -0.493 e. The molecule has 0 aliphatic carbocycles. The molecule has 1 atom stereocenters. The lowest BCUT2D eigenvalue weighted by molar-refractivity contribution is 0.261. The van der Waals surface area contributed by atoms with E-state index in [2.05, 4.69) is 20.3 Å². The van der Waals surface area contributed by atoms with Crippen molar-refractivity contribution < 1.29 is 13.2 Å².